The average Bonchev–Trinajstić information content (AvgIpc) is 1.65. The fourth-order valence-corrected chi connectivity index (χ4v) is 0.0833. The van der Waals surface area contributed by atoms with Gasteiger partial charge in [0.05, 0.1) is 14.2 Å². The first-order valence-corrected chi connectivity index (χ1v) is 1.43. The minimum absolute atomic E-state index is 0. The summed E-state index contributed by atoms with van der Waals surface area (Å²) in [4.78, 5) is 9.74. The molecule has 0 aliphatic heterocycles. The normalized spacial score (nSPS) is 6.00. The third-order valence-corrected chi connectivity index (χ3v) is 0.333. The second-order valence-electron chi connectivity index (χ2n) is 0.658. The molecule has 0 fully saturated rings. The van der Waals surface area contributed by atoms with Crippen LogP contribution in [0.4, 0.5) is 4.79 Å². The first kappa shape index (κ1) is 9.98. The Bertz CT molecular complexity index is 48.1. The molecule has 0 radical (unpaired) electrons. The molecule has 3 nitrogen and oxygen atoms in total. The molecule has 0 aromatic heterocycles. The van der Waals surface area contributed by atoms with E-state index in [4.69, 9.17) is 0 Å². The summed E-state index contributed by atoms with van der Waals surface area (Å²) in [5, 5.41) is 0. The van der Waals surface area contributed by atoms with Gasteiger partial charge in [-0.05, 0) is 0 Å². The van der Waals surface area contributed by atoms with E-state index < -0.39 is 6.16 Å². The minimum atomic E-state index is -0.657. The predicted octanol–water partition coefficient (Wildman–Crippen LogP) is -0.249. The number of carbonyl (C=O) groups excluding carboxylic acids is 1. The second kappa shape index (κ2) is 5.87. The number of rotatable bonds is 0. The molecule has 0 N–H and O–H groups in total. The zero-order valence-corrected chi connectivity index (χ0v) is 3.72. The van der Waals surface area contributed by atoms with Crippen molar-refractivity contribution in [2.45, 2.75) is 0 Å². The van der Waals surface area contributed by atoms with Crippen LogP contribution in [0.3, 0.4) is 0 Å². The monoisotopic (exact) mass is 98.1 g/mol. The molecule has 0 aromatic carbocycles. The van der Waals surface area contributed by atoms with Crippen LogP contribution in [0.15, 0.2) is 0 Å². The third kappa shape index (κ3) is 5.87. The number of hydrogen-bond acceptors (Lipinski definition) is 3. The summed E-state index contributed by atoms with van der Waals surface area (Å²) in [5.74, 6) is 0. The van der Waals surface area contributed by atoms with Crippen LogP contribution in [0.25, 0.3) is 0 Å². The van der Waals surface area contributed by atoms with Gasteiger partial charge in [0.25, 0.3) is 0 Å². The summed E-state index contributed by atoms with van der Waals surface area (Å²) in [6.07, 6.45) is -0.657. The first-order chi connectivity index (χ1) is 2.81. The molecular formula is C3H7LiO3. The number of hydrogen-bond donors (Lipinski definition) is 0. The molecule has 0 spiro atoms. The maximum absolute atomic E-state index is 9.74. The van der Waals surface area contributed by atoms with E-state index in [1.165, 1.54) is 14.2 Å². The number of methoxy groups -OCH3 is 2. The SMILES string of the molecule is COC(=O)OC.[LiH]. The van der Waals surface area contributed by atoms with Crippen LogP contribution in [0.5, 0.6) is 0 Å². The summed E-state index contributed by atoms with van der Waals surface area (Å²) < 4.78 is 8.08. The predicted molar refractivity (Wildman–Crippen MR) is 26.6 cm³/mol. The molecule has 0 saturated heterocycles. The zero-order valence-electron chi connectivity index (χ0n) is 3.72. The topological polar surface area (TPSA) is 35.5 Å². The van der Waals surface area contributed by atoms with Gasteiger partial charge < -0.3 is 9.47 Å². The number of carbonyl (C=O) groups is 1. The van der Waals surface area contributed by atoms with Gasteiger partial charge in [0, 0.05) is 0 Å². The van der Waals surface area contributed by atoms with E-state index in [0.717, 1.165) is 0 Å². The van der Waals surface area contributed by atoms with Gasteiger partial charge in [0.15, 0.2) is 0 Å². The second-order valence-corrected chi connectivity index (χ2v) is 0.658. The van der Waals surface area contributed by atoms with E-state index in [2.05, 4.69) is 9.47 Å². The van der Waals surface area contributed by atoms with Gasteiger partial charge in [-0.15, -0.1) is 0 Å². The van der Waals surface area contributed by atoms with E-state index >= 15 is 0 Å². The van der Waals surface area contributed by atoms with Crippen molar-refractivity contribution in [1.29, 1.82) is 0 Å². The van der Waals surface area contributed by atoms with Gasteiger partial charge >= 0.3 is 25.0 Å². The zero-order chi connectivity index (χ0) is 4.99. The van der Waals surface area contributed by atoms with Crippen LogP contribution < -0.4 is 0 Å². The Balaban J connectivity index is 0. The maximum atomic E-state index is 9.74. The molecule has 0 atom stereocenters. The average molecular weight is 98.0 g/mol. The molecular weight excluding hydrogens is 91.0 g/mol. The van der Waals surface area contributed by atoms with Gasteiger partial charge in [-0.1, -0.05) is 0 Å². The van der Waals surface area contributed by atoms with Crippen molar-refractivity contribution in [2.24, 2.45) is 0 Å². The van der Waals surface area contributed by atoms with Crippen molar-refractivity contribution in [3.05, 3.63) is 0 Å². The van der Waals surface area contributed by atoms with Crippen molar-refractivity contribution in [3.8, 4) is 0 Å². The fraction of sp³-hybridized carbons (Fsp3) is 0.667. The molecule has 0 aliphatic rings. The van der Waals surface area contributed by atoms with Crippen LogP contribution in [-0.4, -0.2) is 39.2 Å². The van der Waals surface area contributed by atoms with E-state index in [-0.39, 0.29) is 18.9 Å². The quantitative estimate of drug-likeness (QED) is 0.309. The van der Waals surface area contributed by atoms with Gasteiger partial charge in [-0.2, -0.15) is 0 Å². The summed E-state index contributed by atoms with van der Waals surface area (Å²) in [6.45, 7) is 0. The fourth-order valence-electron chi connectivity index (χ4n) is 0.0833. The van der Waals surface area contributed by atoms with Crippen LogP contribution in [0.1, 0.15) is 0 Å². The Morgan fingerprint density at radius 2 is 1.57 bits per heavy atom. The van der Waals surface area contributed by atoms with Crippen molar-refractivity contribution < 1.29 is 14.3 Å². The van der Waals surface area contributed by atoms with Crippen LogP contribution in [-0.2, 0) is 9.47 Å². The Labute approximate surface area is 54.2 Å². The molecule has 38 valence electrons. The van der Waals surface area contributed by atoms with Crippen molar-refractivity contribution in [1.82, 2.24) is 0 Å². The Morgan fingerprint density at radius 1 is 1.29 bits per heavy atom. The van der Waals surface area contributed by atoms with Crippen LogP contribution in [0.2, 0.25) is 0 Å². The Morgan fingerprint density at radius 3 is 1.57 bits per heavy atom. The van der Waals surface area contributed by atoms with E-state index in [0.29, 0.717) is 0 Å². The molecule has 0 amide bonds. The Kier molecular flexibility index (Phi) is 8.36. The summed E-state index contributed by atoms with van der Waals surface area (Å²) in [6, 6.07) is 0. The van der Waals surface area contributed by atoms with Crippen molar-refractivity contribution in [3.63, 3.8) is 0 Å². The first-order valence-electron chi connectivity index (χ1n) is 1.43. The molecule has 0 unspecified atom stereocenters. The summed E-state index contributed by atoms with van der Waals surface area (Å²) in [7, 11) is 2.51. The molecule has 0 aromatic rings. The van der Waals surface area contributed by atoms with Gasteiger partial charge in [-0.3, -0.25) is 0 Å². The standard InChI is InChI=1S/C3H6O3.Li.H/c1-5-3(4)6-2;;/h1-2H3;;. The van der Waals surface area contributed by atoms with Crippen molar-refractivity contribution >= 4 is 25.0 Å². The van der Waals surface area contributed by atoms with Crippen molar-refractivity contribution in [2.75, 3.05) is 14.2 Å². The summed E-state index contributed by atoms with van der Waals surface area (Å²) in [5.41, 5.74) is 0. The molecule has 0 aliphatic carbocycles. The molecule has 0 rings (SSSR count). The van der Waals surface area contributed by atoms with Crippen LogP contribution >= 0.6 is 0 Å². The molecule has 0 bridgehead atoms. The van der Waals surface area contributed by atoms with E-state index in [9.17, 15) is 4.79 Å². The number of ether oxygens (including phenoxy) is 2. The van der Waals surface area contributed by atoms with E-state index in [1.54, 1.807) is 0 Å². The summed E-state index contributed by atoms with van der Waals surface area (Å²) >= 11 is 0. The molecule has 4 heteroatoms. The van der Waals surface area contributed by atoms with Gasteiger partial charge in [0.1, 0.15) is 0 Å². The van der Waals surface area contributed by atoms with Crippen LogP contribution in [0, 0.1) is 0 Å². The third-order valence-electron chi connectivity index (χ3n) is 0.333. The Hall–Kier alpha value is -0.133. The van der Waals surface area contributed by atoms with E-state index in [1.807, 2.05) is 0 Å². The van der Waals surface area contributed by atoms with Gasteiger partial charge in [0.2, 0.25) is 0 Å². The molecule has 0 heterocycles. The molecule has 7 heavy (non-hydrogen) atoms. The molecule has 0 saturated carbocycles. The van der Waals surface area contributed by atoms with Gasteiger partial charge in [-0.25, -0.2) is 4.79 Å².